The van der Waals surface area contributed by atoms with Crippen molar-refractivity contribution in [3.8, 4) is 0 Å². The molecule has 2 aromatic carbocycles. The lowest BCUT2D eigenvalue weighted by molar-refractivity contribution is 0.271. The number of unbranched alkanes of at least 4 members (excludes halogenated alkanes) is 1. The molecule has 4 nitrogen and oxygen atoms in total. The number of allylic oxidation sites excluding steroid dienone is 1. The molecule has 0 spiro atoms. The highest BCUT2D eigenvalue weighted by atomic mass is 31.1. The van der Waals surface area contributed by atoms with Gasteiger partial charge in [-0.2, -0.15) is 0 Å². The number of aromatic amines is 1. The third-order valence-corrected chi connectivity index (χ3v) is 8.79. The minimum absolute atomic E-state index is 0.129. The van der Waals surface area contributed by atoms with Crippen molar-refractivity contribution in [3.05, 3.63) is 76.9 Å². The van der Waals surface area contributed by atoms with Crippen LogP contribution in [0.5, 0.6) is 0 Å². The molecule has 0 amide bonds. The number of nitrogens with zero attached hydrogens (tertiary/aromatic N) is 2. The number of fused-ring (bicyclic) bond motifs is 3. The molecule has 3 aliphatic rings. The second-order valence-electron chi connectivity index (χ2n) is 9.93. The average Bonchev–Trinajstić information content (AvgIpc) is 3.37. The summed E-state index contributed by atoms with van der Waals surface area (Å²) in [6.07, 6.45) is 3.74. The van der Waals surface area contributed by atoms with Crippen LogP contribution in [0.4, 0.5) is 10.1 Å². The molecule has 178 valence electrons. The molecule has 1 fully saturated rings. The monoisotopic (exact) mass is 476 g/mol. The maximum absolute atomic E-state index is 14.7. The molecule has 34 heavy (non-hydrogen) atoms. The van der Waals surface area contributed by atoms with Crippen LogP contribution in [-0.4, -0.2) is 59.3 Å². The Morgan fingerprint density at radius 2 is 1.94 bits per heavy atom. The van der Waals surface area contributed by atoms with Crippen molar-refractivity contribution < 1.29 is 4.39 Å². The Balaban J connectivity index is 1.26. The number of hydrogen-bond donors (Lipinski definition) is 2. The Hall–Kier alpha value is -2.36. The van der Waals surface area contributed by atoms with Gasteiger partial charge in [0, 0.05) is 53.8 Å². The van der Waals surface area contributed by atoms with E-state index in [-0.39, 0.29) is 12.1 Å². The molecule has 1 aromatic heterocycles. The molecular formula is C28H34FN4P. The Morgan fingerprint density at radius 1 is 1.12 bits per heavy atom. The van der Waals surface area contributed by atoms with Gasteiger partial charge in [-0.25, -0.2) is 4.39 Å². The molecule has 6 heteroatoms. The van der Waals surface area contributed by atoms with Gasteiger partial charge in [0.15, 0.2) is 0 Å². The first-order chi connectivity index (χ1) is 16.7. The van der Waals surface area contributed by atoms with Gasteiger partial charge in [-0.1, -0.05) is 52.3 Å². The van der Waals surface area contributed by atoms with Crippen LogP contribution in [0.3, 0.4) is 0 Å². The fourth-order valence-electron chi connectivity index (χ4n) is 5.79. The molecule has 1 unspecified atom stereocenters. The minimum Gasteiger partial charge on any atom is -0.378 e. The molecule has 3 aliphatic heterocycles. The highest BCUT2D eigenvalue weighted by Crippen LogP contribution is 2.44. The zero-order valence-corrected chi connectivity index (χ0v) is 20.9. The first-order valence-electron chi connectivity index (χ1n) is 12.7. The second-order valence-corrected chi connectivity index (χ2v) is 11.0. The fraction of sp³-hybridized carbons (Fsp3) is 0.429. The van der Waals surface area contributed by atoms with Crippen molar-refractivity contribution in [1.29, 1.82) is 0 Å². The van der Waals surface area contributed by atoms with E-state index in [1.165, 1.54) is 39.6 Å². The van der Waals surface area contributed by atoms with Crippen molar-refractivity contribution in [2.24, 2.45) is 0 Å². The number of rotatable bonds is 7. The van der Waals surface area contributed by atoms with E-state index >= 15 is 0 Å². The molecule has 4 atom stereocenters. The third-order valence-electron chi connectivity index (χ3n) is 7.69. The number of alkyl halides is 1. The molecule has 1 saturated heterocycles. The van der Waals surface area contributed by atoms with Gasteiger partial charge < -0.3 is 15.2 Å². The van der Waals surface area contributed by atoms with Crippen LogP contribution in [0.1, 0.15) is 42.6 Å². The van der Waals surface area contributed by atoms with Crippen LogP contribution < -0.4 is 5.32 Å². The number of anilines is 1. The SMILES string of the molecule is CCCCN1C[C@@H](F)[C@H](Nc2ccc([C@@H]3c4[nH]c5ccccc5c4CCN3C3=CPC3)cc2)C1. The number of likely N-dealkylation sites (tertiary alicyclic amines) is 1. The summed E-state index contributed by atoms with van der Waals surface area (Å²) < 4.78 is 14.7. The molecule has 0 saturated carbocycles. The predicted molar refractivity (Wildman–Crippen MR) is 142 cm³/mol. The second kappa shape index (κ2) is 9.36. The first-order valence-corrected chi connectivity index (χ1v) is 14.0. The summed E-state index contributed by atoms with van der Waals surface area (Å²) in [7, 11) is 0.949. The summed E-state index contributed by atoms with van der Waals surface area (Å²) >= 11 is 0. The predicted octanol–water partition coefficient (Wildman–Crippen LogP) is 5.88. The Morgan fingerprint density at radius 3 is 2.71 bits per heavy atom. The van der Waals surface area contributed by atoms with E-state index < -0.39 is 6.17 Å². The van der Waals surface area contributed by atoms with Gasteiger partial charge in [0.05, 0.1) is 12.1 Å². The lowest BCUT2D eigenvalue weighted by Gasteiger charge is -2.41. The average molecular weight is 477 g/mol. The van der Waals surface area contributed by atoms with Crippen LogP contribution in [0, 0.1) is 0 Å². The molecule has 2 N–H and O–H groups in total. The summed E-state index contributed by atoms with van der Waals surface area (Å²) in [5, 5.41) is 4.83. The van der Waals surface area contributed by atoms with E-state index in [0.717, 1.165) is 53.2 Å². The lowest BCUT2D eigenvalue weighted by Crippen LogP contribution is -2.37. The Labute approximate surface area is 203 Å². The van der Waals surface area contributed by atoms with Crippen LogP contribution in [0.2, 0.25) is 0 Å². The smallest absolute Gasteiger partial charge is 0.134 e. The maximum atomic E-state index is 14.7. The van der Waals surface area contributed by atoms with Gasteiger partial charge in [0.1, 0.15) is 6.17 Å². The summed E-state index contributed by atoms with van der Waals surface area (Å²) in [5.41, 5.74) is 7.80. The summed E-state index contributed by atoms with van der Waals surface area (Å²) in [5.74, 6) is 2.41. The summed E-state index contributed by atoms with van der Waals surface area (Å²) in [6, 6.07) is 17.5. The minimum atomic E-state index is -0.814. The quantitative estimate of drug-likeness (QED) is 0.418. The van der Waals surface area contributed by atoms with Crippen molar-refractivity contribution >= 4 is 25.2 Å². The van der Waals surface area contributed by atoms with Gasteiger partial charge in [0.2, 0.25) is 0 Å². The number of benzene rings is 2. The Kier molecular flexibility index (Phi) is 6.09. The maximum Gasteiger partial charge on any atom is 0.134 e. The standard InChI is InChI=1S/C28H34FN4P/c1-2-3-13-32-15-24(29)26(16-32)30-20-10-8-19(9-11-20)28-27-23(12-14-33(28)21-17-34-18-21)22-6-4-5-7-25(22)31-27/h4-11,17,24,26,28,30-31,34H,2-3,12-16,18H2,1H3/t24-,26-,28-/m1/s1. The third kappa shape index (κ3) is 4.03. The number of H-pyrrole nitrogens is 1. The van der Waals surface area contributed by atoms with Gasteiger partial charge in [0.25, 0.3) is 0 Å². The van der Waals surface area contributed by atoms with Crippen LogP contribution >= 0.6 is 8.58 Å². The van der Waals surface area contributed by atoms with E-state index in [0.29, 0.717) is 6.54 Å². The Bertz CT molecular complexity index is 1190. The van der Waals surface area contributed by atoms with Gasteiger partial charge in [-0.15, -0.1) is 0 Å². The van der Waals surface area contributed by atoms with Gasteiger partial charge in [-0.3, -0.25) is 4.90 Å². The summed E-state index contributed by atoms with van der Waals surface area (Å²) in [6.45, 7) is 5.57. The van der Waals surface area contributed by atoms with E-state index in [1.54, 1.807) is 0 Å². The molecular weight excluding hydrogens is 442 g/mol. The van der Waals surface area contributed by atoms with E-state index in [4.69, 9.17) is 0 Å². The van der Waals surface area contributed by atoms with Crippen molar-refractivity contribution in [3.63, 3.8) is 0 Å². The van der Waals surface area contributed by atoms with Crippen LogP contribution in [0.15, 0.2) is 60.0 Å². The van der Waals surface area contributed by atoms with Crippen molar-refractivity contribution in [2.75, 3.05) is 37.7 Å². The van der Waals surface area contributed by atoms with Gasteiger partial charge >= 0.3 is 0 Å². The number of nitrogens with one attached hydrogen (secondary N) is 2. The summed E-state index contributed by atoms with van der Waals surface area (Å²) in [4.78, 5) is 8.61. The molecule has 3 aromatic rings. The van der Waals surface area contributed by atoms with Crippen molar-refractivity contribution in [2.45, 2.75) is 44.4 Å². The molecule has 4 heterocycles. The van der Waals surface area contributed by atoms with Crippen LogP contribution in [-0.2, 0) is 6.42 Å². The number of halogens is 1. The lowest BCUT2D eigenvalue weighted by atomic mass is 9.92. The largest absolute Gasteiger partial charge is 0.378 e. The molecule has 0 radical (unpaired) electrons. The molecule has 6 rings (SSSR count). The fourth-order valence-corrected chi connectivity index (χ4v) is 6.55. The zero-order valence-electron chi connectivity index (χ0n) is 19.9. The highest BCUT2D eigenvalue weighted by molar-refractivity contribution is 7.43. The van der Waals surface area contributed by atoms with Crippen molar-refractivity contribution in [1.82, 2.24) is 14.8 Å². The molecule has 0 bridgehead atoms. The van der Waals surface area contributed by atoms with E-state index in [9.17, 15) is 4.39 Å². The van der Waals surface area contributed by atoms with Crippen LogP contribution in [0.25, 0.3) is 10.9 Å². The number of hydrogen-bond acceptors (Lipinski definition) is 3. The highest BCUT2D eigenvalue weighted by Gasteiger charge is 2.35. The number of para-hydroxylation sites is 1. The topological polar surface area (TPSA) is 34.3 Å². The zero-order chi connectivity index (χ0) is 23.1. The normalized spacial score (nSPS) is 25.4. The van der Waals surface area contributed by atoms with E-state index in [1.807, 2.05) is 0 Å². The van der Waals surface area contributed by atoms with E-state index in [2.05, 4.69) is 81.4 Å². The number of aromatic nitrogens is 1. The van der Waals surface area contributed by atoms with Gasteiger partial charge in [-0.05, 0) is 54.5 Å². The molecule has 0 aliphatic carbocycles. The first kappa shape index (κ1) is 22.1.